The summed E-state index contributed by atoms with van der Waals surface area (Å²) in [5.74, 6) is 0.196. The molecule has 3 heteroatoms. The minimum Gasteiger partial charge on any atom is -0.205 e. The molecule has 0 unspecified atom stereocenters. The van der Waals surface area contributed by atoms with Crippen LogP contribution in [0.5, 0.6) is 0 Å². The normalized spacial score (nSPS) is 19.1. The molecule has 170 valence electrons. The Balaban J connectivity index is 1.26. The summed E-state index contributed by atoms with van der Waals surface area (Å²) in [6.07, 6.45) is 7.28. The lowest BCUT2D eigenvalue weighted by atomic mass is 9.76. The zero-order chi connectivity index (χ0) is 23.2. The molecule has 33 heavy (non-hydrogen) atoms. The quantitative estimate of drug-likeness (QED) is 0.362. The first-order chi connectivity index (χ1) is 16.0. The summed E-state index contributed by atoms with van der Waals surface area (Å²) in [6, 6.07) is 24.1. The van der Waals surface area contributed by atoms with E-state index >= 15 is 0 Å². The van der Waals surface area contributed by atoms with Gasteiger partial charge < -0.3 is 0 Å². The minimum atomic E-state index is -0.752. The van der Waals surface area contributed by atoms with Gasteiger partial charge in [0.1, 0.15) is 23.3 Å². The van der Waals surface area contributed by atoms with E-state index in [4.69, 9.17) is 5.26 Å². The second-order valence-electron chi connectivity index (χ2n) is 9.56. The number of hydrogen-bond acceptors (Lipinski definition) is 1. The van der Waals surface area contributed by atoms with Gasteiger partial charge in [-0.3, -0.25) is 0 Å². The van der Waals surface area contributed by atoms with Crippen LogP contribution in [0.2, 0.25) is 0 Å². The highest BCUT2D eigenvalue weighted by Gasteiger charge is 2.22. The van der Waals surface area contributed by atoms with Crippen molar-refractivity contribution in [3.05, 3.63) is 106 Å². The van der Waals surface area contributed by atoms with Gasteiger partial charge in [0.15, 0.2) is 0 Å². The smallest absolute Gasteiger partial charge is 0.144 e. The molecule has 0 saturated heterocycles. The van der Waals surface area contributed by atoms with Crippen LogP contribution in [0.1, 0.15) is 78.7 Å². The highest BCUT2D eigenvalue weighted by molar-refractivity contribution is 5.35. The fourth-order valence-corrected chi connectivity index (χ4v) is 5.21. The summed E-state index contributed by atoms with van der Waals surface area (Å²) in [4.78, 5) is 0. The van der Waals surface area contributed by atoms with E-state index in [1.165, 1.54) is 41.7 Å². The highest BCUT2D eigenvalue weighted by Crippen LogP contribution is 2.38. The maximum absolute atomic E-state index is 13.8. The number of benzene rings is 3. The van der Waals surface area contributed by atoms with E-state index < -0.39 is 17.2 Å². The molecule has 0 aliphatic heterocycles. The van der Waals surface area contributed by atoms with Crippen LogP contribution in [0.3, 0.4) is 0 Å². The largest absolute Gasteiger partial charge is 0.205 e. The van der Waals surface area contributed by atoms with Gasteiger partial charge in [-0.05, 0) is 97.1 Å². The predicted molar refractivity (Wildman–Crippen MR) is 129 cm³/mol. The molecule has 0 amide bonds. The van der Waals surface area contributed by atoms with Gasteiger partial charge >= 0.3 is 0 Å². The molecule has 0 heterocycles. The van der Waals surface area contributed by atoms with Crippen LogP contribution in [0.25, 0.3) is 0 Å². The average Bonchev–Trinajstić information content (AvgIpc) is 2.84. The number of aryl methyl sites for hydroxylation is 1. The van der Waals surface area contributed by atoms with Crippen molar-refractivity contribution >= 4 is 0 Å². The Bertz CT molecular complexity index is 1070. The van der Waals surface area contributed by atoms with Gasteiger partial charge in [0, 0.05) is 0 Å². The van der Waals surface area contributed by atoms with Crippen LogP contribution >= 0.6 is 0 Å². The molecule has 1 nitrogen and oxygen atoms in total. The van der Waals surface area contributed by atoms with Crippen LogP contribution in [0.4, 0.5) is 8.78 Å². The lowest BCUT2D eigenvalue weighted by Gasteiger charge is -2.29. The standard InChI is InChI=1S/C30H31F2N/c1-21(25-5-3-2-4-6-25)17-23-11-15-27(16-12-23)26-13-9-22(10-14-26)7-8-24-18-29(31)28(20-33)30(32)19-24/h2-6,11-12,15-16,18-19,21-22,26H,7-10,13-14,17H2,1H3/t21-,22?,26?/m0/s1. The molecule has 0 N–H and O–H groups in total. The van der Waals surface area contributed by atoms with Crippen LogP contribution in [0.15, 0.2) is 66.7 Å². The van der Waals surface area contributed by atoms with Crippen molar-refractivity contribution in [2.75, 3.05) is 0 Å². The summed E-state index contributed by atoms with van der Waals surface area (Å²) < 4.78 is 27.7. The number of rotatable bonds is 7. The van der Waals surface area contributed by atoms with Gasteiger partial charge in [0.05, 0.1) is 0 Å². The molecular formula is C30H31F2N. The van der Waals surface area contributed by atoms with Crippen LogP contribution in [-0.4, -0.2) is 0 Å². The third kappa shape index (κ3) is 5.88. The third-order valence-corrected chi connectivity index (χ3v) is 7.26. The summed E-state index contributed by atoms with van der Waals surface area (Å²) in [6.45, 7) is 2.28. The van der Waals surface area contributed by atoms with Crippen molar-refractivity contribution in [3.8, 4) is 6.07 Å². The molecular weight excluding hydrogens is 412 g/mol. The Labute approximate surface area is 196 Å². The Kier molecular flexibility index (Phi) is 7.55. The van der Waals surface area contributed by atoms with E-state index in [9.17, 15) is 8.78 Å². The molecule has 0 spiro atoms. The van der Waals surface area contributed by atoms with Gasteiger partial charge in [-0.25, -0.2) is 8.78 Å². The van der Waals surface area contributed by atoms with Crippen molar-refractivity contribution in [1.82, 2.24) is 0 Å². The molecule has 3 aromatic rings. The van der Waals surface area contributed by atoms with Crippen molar-refractivity contribution in [2.45, 2.75) is 63.7 Å². The monoisotopic (exact) mass is 443 g/mol. The Morgan fingerprint density at radius 2 is 1.52 bits per heavy atom. The highest BCUT2D eigenvalue weighted by atomic mass is 19.1. The second-order valence-corrected chi connectivity index (χ2v) is 9.56. The molecule has 0 bridgehead atoms. The van der Waals surface area contributed by atoms with E-state index in [-0.39, 0.29) is 0 Å². The maximum Gasteiger partial charge on any atom is 0.144 e. The maximum atomic E-state index is 13.8. The van der Waals surface area contributed by atoms with Gasteiger partial charge in [0.25, 0.3) is 0 Å². The Morgan fingerprint density at radius 1 is 0.879 bits per heavy atom. The van der Waals surface area contributed by atoms with E-state index in [1.807, 2.05) is 0 Å². The Hall–Kier alpha value is -2.99. The molecule has 1 aliphatic carbocycles. The first-order valence-electron chi connectivity index (χ1n) is 12.0. The second kappa shape index (κ2) is 10.8. The zero-order valence-corrected chi connectivity index (χ0v) is 19.2. The van der Waals surface area contributed by atoms with Gasteiger partial charge in [-0.15, -0.1) is 0 Å². The van der Waals surface area contributed by atoms with Crippen molar-refractivity contribution in [3.63, 3.8) is 0 Å². The first-order valence-corrected chi connectivity index (χ1v) is 12.0. The van der Waals surface area contributed by atoms with E-state index in [0.717, 1.165) is 25.7 Å². The van der Waals surface area contributed by atoms with Crippen molar-refractivity contribution < 1.29 is 8.78 Å². The van der Waals surface area contributed by atoms with Crippen LogP contribution < -0.4 is 0 Å². The lowest BCUT2D eigenvalue weighted by molar-refractivity contribution is 0.310. The van der Waals surface area contributed by atoms with Crippen LogP contribution in [0, 0.1) is 28.9 Å². The van der Waals surface area contributed by atoms with Gasteiger partial charge in [0.2, 0.25) is 0 Å². The van der Waals surface area contributed by atoms with Crippen LogP contribution in [-0.2, 0) is 12.8 Å². The molecule has 1 fully saturated rings. The zero-order valence-electron chi connectivity index (χ0n) is 19.2. The van der Waals surface area contributed by atoms with E-state index in [2.05, 4.69) is 61.5 Å². The summed E-state index contributed by atoms with van der Waals surface area (Å²) in [5, 5.41) is 8.81. The lowest BCUT2D eigenvalue weighted by Crippen LogP contribution is -2.14. The summed E-state index contributed by atoms with van der Waals surface area (Å²) in [5.41, 5.74) is 4.35. The molecule has 3 aromatic carbocycles. The topological polar surface area (TPSA) is 23.8 Å². The molecule has 0 radical (unpaired) electrons. The van der Waals surface area contributed by atoms with Crippen molar-refractivity contribution in [2.24, 2.45) is 5.92 Å². The SMILES string of the molecule is C[C@@H](Cc1ccc(C2CCC(CCc3cc(F)c(C#N)c(F)c3)CC2)cc1)c1ccccc1. The first kappa shape index (κ1) is 23.2. The van der Waals surface area contributed by atoms with E-state index in [0.29, 0.717) is 29.7 Å². The molecule has 4 rings (SSSR count). The molecule has 1 aliphatic rings. The van der Waals surface area contributed by atoms with E-state index in [1.54, 1.807) is 6.07 Å². The molecule has 1 saturated carbocycles. The number of nitrogens with zero attached hydrogens (tertiary/aromatic N) is 1. The Morgan fingerprint density at radius 3 is 2.12 bits per heavy atom. The van der Waals surface area contributed by atoms with Gasteiger partial charge in [-0.1, -0.05) is 61.5 Å². The summed E-state index contributed by atoms with van der Waals surface area (Å²) >= 11 is 0. The predicted octanol–water partition coefficient (Wildman–Crippen LogP) is 8.09. The minimum absolute atomic E-state index is 0.486. The molecule has 1 atom stereocenters. The fraction of sp³-hybridized carbons (Fsp3) is 0.367. The van der Waals surface area contributed by atoms with Gasteiger partial charge in [-0.2, -0.15) is 5.26 Å². The molecule has 0 aromatic heterocycles. The average molecular weight is 444 g/mol. The number of halogens is 2. The number of nitriles is 1. The van der Waals surface area contributed by atoms with Crippen molar-refractivity contribution in [1.29, 1.82) is 5.26 Å². The third-order valence-electron chi connectivity index (χ3n) is 7.26. The number of hydrogen-bond donors (Lipinski definition) is 0. The fourth-order valence-electron chi connectivity index (χ4n) is 5.21. The summed E-state index contributed by atoms with van der Waals surface area (Å²) in [7, 11) is 0.